The van der Waals surface area contributed by atoms with Crippen molar-refractivity contribution in [1.82, 2.24) is 4.98 Å². The summed E-state index contributed by atoms with van der Waals surface area (Å²) in [6, 6.07) is 0. The van der Waals surface area contributed by atoms with Crippen LogP contribution in [0.3, 0.4) is 0 Å². The standard InChI is InChI=1S/C8H2F6INO3/c9-7(10,11)4-3(6(17)18)2(1-16-5(4)15)19-8(12,13)14/h1H,(H,17,18). The molecule has 0 aliphatic carbocycles. The normalized spacial score (nSPS) is 12.4. The molecule has 1 heterocycles. The molecule has 0 saturated heterocycles. The maximum absolute atomic E-state index is 12.6. The molecule has 1 aromatic heterocycles. The molecule has 1 rings (SSSR count). The summed E-state index contributed by atoms with van der Waals surface area (Å²) in [6.45, 7) is 0. The highest BCUT2D eigenvalue weighted by Gasteiger charge is 2.42. The van der Waals surface area contributed by atoms with Gasteiger partial charge in [-0.3, -0.25) is 0 Å². The van der Waals surface area contributed by atoms with Gasteiger partial charge >= 0.3 is 18.5 Å². The summed E-state index contributed by atoms with van der Waals surface area (Å²) < 4.78 is 76.3. The quantitative estimate of drug-likeness (QED) is 0.470. The molecule has 0 saturated carbocycles. The summed E-state index contributed by atoms with van der Waals surface area (Å²) in [5.74, 6) is -3.72. The molecule has 19 heavy (non-hydrogen) atoms. The van der Waals surface area contributed by atoms with E-state index in [0.29, 0.717) is 0 Å². The summed E-state index contributed by atoms with van der Waals surface area (Å²) in [4.78, 5) is 13.8. The minimum atomic E-state index is -5.33. The number of aromatic nitrogens is 1. The molecule has 1 aromatic rings. The van der Waals surface area contributed by atoms with Gasteiger partial charge in [0.05, 0.1) is 6.20 Å². The molecule has 0 aromatic carbocycles. The van der Waals surface area contributed by atoms with Crippen LogP contribution in [0, 0.1) is 3.70 Å². The molecular formula is C8H2F6INO3. The van der Waals surface area contributed by atoms with Gasteiger partial charge in [0, 0.05) is 0 Å². The highest BCUT2D eigenvalue weighted by atomic mass is 127. The number of carboxylic acids is 1. The predicted octanol–water partition coefficient (Wildman–Crippen LogP) is 3.30. The third kappa shape index (κ3) is 3.84. The Balaban J connectivity index is 3.55. The highest BCUT2D eigenvalue weighted by Crippen LogP contribution is 2.39. The molecule has 0 aliphatic heterocycles. The molecule has 0 radical (unpaired) electrons. The Morgan fingerprint density at radius 3 is 2.16 bits per heavy atom. The lowest BCUT2D eigenvalue weighted by Crippen LogP contribution is -2.23. The molecule has 11 heteroatoms. The van der Waals surface area contributed by atoms with Crippen molar-refractivity contribution in [2.24, 2.45) is 0 Å². The summed E-state index contributed by atoms with van der Waals surface area (Å²) in [5.41, 5.74) is -3.42. The molecule has 4 nitrogen and oxygen atoms in total. The first kappa shape index (κ1) is 15.8. The van der Waals surface area contributed by atoms with Crippen molar-refractivity contribution in [3.05, 3.63) is 21.0 Å². The topological polar surface area (TPSA) is 59.4 Å². The number of rotatable bonds is 2. The van der Waals surface area contributed by atoms with Crippen LogP contribution >= 0.6 is 22.6 Å². The number of carbonyl (C=O) groups is 1. The average molecular weight is 401 g/mol. The van der Waals surface area contributed by atoms with Crippen LogP contribution in [0.5, 0.6) is 5.75 Å². The SMILES string of the molecule is O=C(O)c1c(OC(F)(F)F)cnc(I)c1C(F)(F)F. The number of aromatic carboxylic acids is 1. The van der Waals surface area contributed by atoms with Crippen molar-refractivity contribution >= 4 is 28.6 Å². The number of ether oxygens (including phenoxy) is 1. The van der Waals surface area contributed by atoms with Crippen LogP contribution in [0.2, 0.25) is 0 Å². The van der Waals surface area contributed by atoms with E-state index in [2.05, 4.69) is 9.72 Å². The third-order valence-corrected chi connectivity index (χ3v) is 2.54. The van der Waals surface area contributed by atoms with Crippen molar-refractivity contribution in [1.29, 1.82) is 0 Å². The molecule has 0 amide bonds. The molecule has 106 valence electrons. The van der Waals surface area contributed by atoms with E-state index in [1.807, 2.05) is 0 Å². The lowest BCUT2D eigenvalue weighted by Gasteiger charge is -2.16. The summed E-state index contributed by atoms with van der Waals surface area (Å²) >= 11 is 1.07. The fourth-order valence-corrected chi connectivity index (χ4v) is 1.86. The molecular weight excluding hydrogens is 399 g/mol. The zero-order chi connectivity index (χ0) is 15.0. The Morgan fingerprint density at radius 1 is 1.26 bits per heavy atom. The molecule has 0 atom stereocenters. The van der Waals surface area contributed by atoms with Crippen molar-refractivity contribution in [3.8, 4) is 5.75 Å². The molecule has 0 bridgehead atoms. The Labute approximate surface area is 114 Å². The number of halogens is 7. The van der Waals surface area contributed by atoms with Gasteiger partial charge in [0.15, 0.2) is 5.75 Å². The van der Waals surface area contributed by atoms with Gasteiger partial charge in [0.2, 0.25) is 0 Å². The zero-order valence-electron chi connectivity index (χ0n) is 8.43. The van der Waals surface area contributed by atoms with Crippen LogP contribution in [0.15, 0.2) is 6.20 Å². The second-order valence-electron chi connectivity index (χ2n) is 3.01. The Bertz CT molecular complexity index is 512. The van der Waals surface area contributed by atoms with Gasteiger partial charge in [-0.25, -0.2) is 9.78 Å². The Morgan fingerprint density at radius 2 is 1.79 bits per heavy atom. The van der Waals surface area contributed by atoms with Crippen LogP contribution in [0.1, 0.15) is 15.9 Å². The molecule has 0 unspecified atom stereocenters. The van der Waals surface area contributed by atoms with Gasteiger partial charge in [-0.1, -0.05) is 0 Å². The first-order valence-electron chi connectivity index (χ1n) is 4.18. The summed E-state index contributed by atoms with van der Waals surface area (Å²) in [6.07, 6.45) is -10.2. The Hall–Kier alpha value is -1.27. The maximum atomic E-state index is 12.6. The lowest BCUT2D eigenvalue weighted by molar-refractivity contribution is -0.275. The summed E-state index contributed by atoms with van der Waals surface area (Å²) in [5, 5.41) is 8.65. The largest absolute Gasteiger partial charge is 0.573 e. The van der Waals surface area contributed by atoms with Crippen molar-refractivity contribution < 1.29 is 41.0 Å². The van der Waals surface area contributed by atoms with Gasteiger partial charge < -0.3 is 9.84 Å². The molecule has 1 N–H and O–H groups in total. The lowest BCUT2D eigenvalue weighted by atomic mass is 10.1. The van der Waals surface area contributed by atoms with Gasteiger partial charge in [-0.15, -0.1) is 13.2 Å². The van der Waals surface area contributed by atoms with E-state index in [4.69, 9.17) is 5.11 Å². The van der Waals surface area contributed by atoms with Gasteiger partial charge in [0.25, 0.3) is 0 Å². The van der Waals surface area contributed by atoms with Gasteiger partial charge in [-0.05, 0) is 22.6 Å². The molecule has 0 fully saturated rings. The Kier molecular flexibility index (Phi) is 4.17. The average Bonchev–Trinajstić information content (AvgIpc) is 2.15. The van der Waals surface area contributed by atoms with E-state index < -0.39 is 39.1 Å². The minimum Gasteiger partial charge on any atom is -0.478 e. The molecule has 0 aliphatic rings. The second kappa shape index (κ2) is 5.02. The van der Waals surface area contributed by atoms with Crippen LogP contribution in [0.4, 0.5) is 26.3 Å². The fourth-order valence-electron chi connectivity index (χ4n) is 1.14. The maximum Gasteiger partial charge on any atom is 0.573 e. The predicted molar refractivity (Wildman–Crippen MR) is 55.6 cm³/mol. The van der Waals surface area contributed by atoms with E-state index in [9.17, 15) is 31.1 Å². The monoisotopic (exact) mass is 401 g/mol. The molecule has 0 spiro atoms. The number of carboxylic acid groups (broad SMARTS) is 1. The first-order valence-corrected chi connectivity index (χ1v) is 5.26. The van der Waals surface area contributed by atoms with Gasteiger partial charge in [-0.2, -0.15) is 13.2 Å². The van der Waals surface area contributed by atoms with Crippen molar-refractivity contribution in [2.75, 3.05) is 0 Å². The van der Waals surface area contributed by atoms with Crippen LogP contribution in [-0.2, 0) is 6.18 Å². The van der Waals surface area contributed by atoms with E-state index in [-0.39, 0.29) is 6.20 Å². The van der Waals surface area contributed by atoms with E-state index >= 15 is 0 Å². The van der Waals surface area contributed by atoms with Crippen molar-refractivity contribution in [2.45, 2.75) is 12.5 Å². The van der Waals surface area contributed by atoms with E-state index in [1.165, 1.54) is 0 Å². The second-order valence-corrected chi connectivity index (χ2v) is 4.04. The number of pyridine rings is 1. The number of alkyl halides is 6. The number of hydrogen-bond donors (Lipinski definition) is 1. The fraction of sp³-hybridized carbons (Fsp3) is 0.250. The zero-order valence-corrected chi connectivity index (χ0v) is 10.6. The van der Waals surface area contributed by atoms with E-state index in [1.54, 1.807) is 0 Å². The van der Waals surface area contributed by atoms with Crippen LogP contribution in [0.25, 0.3) is 0 Å². The third-order valence-electron chi connectivity index (χ3n) is 1.72. The minimum absolute atomic E-state index is 0.272. The van der Waals surface area contributed by atoms with Gasteiger partial charge in [0.1, 0.15) is 14.8 Å². The van der Waals surface area contributed by atoms with E-state index in [0.717, 1.165) is 22.6 Å². The van der Waals surface area contributed by atoms with Crippen molar-refractivity contribution in [3.63, 3.8) is 0 Å². The number of nitrogens with zero attached hydrogens (tertiary/aromatic N) is 1. The highest BCUT2D eigenvalue weighted by molar-refractivity contribution is 14.1. The smallest absolute Gasteiger partial charge is 0.478 e. The van der Waals surface area contributed by atoms with Crippen LogP contribution < -0.4 is 4.74 Å². The summed E-state index contributed by atoms with van der Waals surface area (Å²) in [7, 11) is 0. The first-order chi connectivity index (χ1) is 8.43. The number of hydrogen-bond acceptors (Lipinski definition) is 3. The van der Waals surface area contributed by atoms with Crippen LogP contribution in [-0.4, -0.2) is 22.4 Å².